The summed E-state index contributed by atoms with van der Waals surface area (Å²) < 4.78 is 33.7. The van der Waals surface area contributed by atoms with Crippen molar-refractivity contribution in [2.75, 3.05) is 5.73 Å². The molecule has 4 nitrogen and oxygen atoms in total. The minimum Gasteiger partial charge on any atom is -0.487 e. The first-order valence-electron chi connectivity index (χ1n) is 10.4. The molecular formula is C27H19F2N3O. The van der Waals surface area contributed by atoms with Crippen molar-refractivity contribution in [3.05, 3.63) is 108 Å². The molecule has 0 saturated heterocycles. The van der Waals surface area contributed by atoms with Crippen LogP contribution in [-0.4, -0.2) is 9.97 Å². The van der Waals surface area contributed by atoms with Crippen LogP contribution in [-0.2, 0) is 6.61 Å². The van der Waals surface area contributed by atoms with Gasteiger partial charge in [0.05, 0.1) is 16.9 Å². The quantitative estimate of drug-likeness (QED) is 0.344. The molecule has 0 unspecified atom stereocenters. The maximum absolute atomic E-state index is 14.4. The van der Waals surface area contributed by atoms with Crippen LogP contribution in [0.5, 0.6) is 5.75 Å². The minimum atomic E-state index is -0.697. The van der Waals surface area contributed by atoms with E-state index < -0.39 is 11.6 Å². The largest absolute Gasteiger partial charge is 0.487 e. The number of hydrogen-bond acceptors (Lipinski definition) is 4. The first-order valence-corrected chi connectivity index (χ1v) is 10.4. The van der Waals surface area contributed by atoms with Gasteiger partial charge in [0, 0.05) is 22.6 Å². The second-order valence-corrected chi connectivity index (χ2v) is 7.56. The number of nitrogens with zero attached hydrogens (tertiary/aromatic N) is 2. The number of benzene rings is 3. The second kappa shape index (κ2) is 8.67. The Morgan fingerprint density at radius 2 is 1.55 bits per heavy atom. The number of nitrogens with two attached hydrogens (primary N) is 1. The van der Waals surface area contributed by atoms with E-state index in [1.807, 2.05) is 60.7 Å². The fourth-order valence-electron chi connectivity index (χ4n) is 3.67. The number of nitrogen functional groups attached to an aromatic ring is 1. The maximum Gasteiger partial charge on any atom is 0.135 e. The summed E-state index contributed by atoms with van der Waals surface area (Å²) in [5.74, 6) is -0.423. The molecule has 0 amide bonds. The lowest BCUT2D eigenvalue weighted by atomic mass is 9.99. The SMILES string of the molecule is Nc1ccc(-c2ccc(OCc3ccc4ccccc4n3)cc2)c(-c2ccc(F)cc2F)n1. The van der Waals surface area contributed by atoms with Gasteiger partial charge in [-0.25, -0.2) is 18.7 Å². The van der Waals surface area contributed by atoms with E-state index in [2.05, 4.69) is 9.97 Å². The van der Waals surface area contributed by atoms with E-state index >= 15 is 0 Å². The number of hydrogen-bond donors (Lipinski definition) is 1. The Labute approximate surface area is 189 Å². The summed E-state index contributed by atoms with van der Waals surface area (Å²) in [5, 5.41) is 1.08. The molecular weight excluding hydrogens is 420 g/mol. The molecule has 0 spiro atoms. The van der Waals surface area contributed by atoms with Gasteiger partial charge < -0.3 is 10.5 Å². The summed E-state index contributed by atoms with van der Waals surface area (Å²) in [6.45, 7) is 0.333. The molecule has 0 atom stereocenters. The van der Waals surface area contributed by atoms with Crippen molar-refractivity contribution in [3.8, 4) is 28.1 Å². The molecule has 0 aliphatic carbocycles. The monoisotopic (exact) mass is 439 g/mol. The van der Waals surface area contributed by atoms with Crippen LogP contribution in [0.3, 0.4) is 0 Å². The zero-order valence-electron chi connectivity index (χ0n) is 17.5. The maximum atomic E-state index is 14.4. The molecule has 0 fully saturated rings. The first-order chi connectivity index (χ1) is 16.1. The van der Waals surface area contributed by atoms with Crippen LogP contribution < -0.4 is 10.5 Å². The molecule has 0 aliphatic heterocycles. The van der Waals surface area contributed by atoms with E-state index in [4.69, 9.17) is 10.5 Å². The summed E-state index contributed by atoms with van der Waals surface area (Å²) >= 11 is 0. The summed E-state index contributed by atoms with van der Waals surface area (Å²) in [4.78, 5) is 8.93. The van der Waals surface area contributed by atoms with E-state index in [0.717, 1.165) is 28.2 Å². The number of halogens is 2. The minimum absolute atomic E-state index is 0.182. The van der Waals surface area contributed by atoms with E-state index in [1.165, 1.54) is 12.1 Å². The van der Waals surface area contributed by atoms with Gasteiger partial charge in [0.2, 0.25) is 0 Å². The van der Waals surface area contributed by atoms with Gasteiger partial charge in [0.15, 0.2) is 0 Å². The van der Waals surface area contributed by atoms with E-state index in [-0.39, 0.29) is 11.4 Å². The number of aromatic nitrogens is 2. The number of pyridine rings is 2. The van der Waals surface area contributed by atoms with Gasteiger partial charge in [-0.05, 0) is 54.1 Å². The molecule has 2 N–H and O–H groups in total. The van der Waals surface area contributed by atoms with Gasteiger partial charge in [-0.3, -0.25) is 0 Å². The van der Waals surface area contributed by atoms with Crippen LogP contribution in [0.15, 0.2) is 91.0 Å². The molecule has 0 radical (unpaired) electrons. The Morgan fingerprint density at radius 1 is 0.758 bits per heavy atom. The van der Waals surface area contributed by atoms with E-state index in [1.54, 1.807) is 12.1 Å². The van der Waals surface area contributed by atoms with Gasteiger partial charge >= 0.3 is 0 Å². The molecule has 5 aromatic rings. The third-order valence-corrected chi connectivity index (χ3v) is 5.31. The highest BCUT2D eigenvalue weighted by atomic mass is 19.1. The number of anilines is 1. The lowest BCUT2D eigenvalue weighted by Crippen LogP contribution is -1.99. The Balaban J connectivity index is 1.39. The molecule has 5 rings (SSSR count). The number of para-hydroxylation sites is 1. The van der Waals surface area contributed by atoms with Crippen LogP contribution in [0, 0.1) is 11.6 Å². The predicted octanol–water partition coefficient (Wildman–Crippen LogP) is 6.40. The smallest absolute Gasteiger partial charge is 0.135 e. The molecule has 0 bridgehead atoms. The van der Waals surface area contributed by atoms with Gasteiger partial charge in [0.1, 0.15) is 29.8 Å². The molecule has 0 aliphatic rings. The van der Waals surface area contributed by atoms with E-state index in [0.29, 0.717) is 23.6 Å². The zero-order valence-corrected chi connectivity index (χ0v) is 17.5. The summed E-state index contributed by atoms with van der Waals surface area (Å²) in [7, 11) is 0. The summed E-state index contributed by atoms with van der Waals surface area (Å²) in [5.41, 5.74) is 9.60. The fourth-order valence-corrected chi connectivity index (χ4v) is 3.67. The lowest BCUT2D eigenvalue weighted by molar-refractivity contribution is 0.302. The molecule has 2 aromatic heterocycles. The van der Waals surface area contributed by atoms with Crippen LogP contribution in [0.25, 0.3) is 33.3 Å². The van der Waals surface area contributed by atoms with Crippen molar-refractivity contribution in [1.29, 1.82) is 0 Å². The standard InChI is InChI=1S/C27H19F2N3O/c28-19-8-12-23(24(29)15-19)27-22(13-14-26(30)32-27)17-6-10-21(11-7-17)33-16-20-9-5-18-3-1-2-4-25(18)31-20/h1-15H,16H2,(H2,30,32). The highest BCUT2D eigenvalue weighted by Crippen LogP contribution is 2.34. The zero-order chi connectivity index (χ0) is 22.8. The Bertz CT molecular complexity index is 1450. The predicted molar refractivity (Wildman–Crippen MR) is 126 cm³/mol. The number of ether oxygens (including phenoxy) is 1. The van der Waals surface area contributed by atoms with Crippen LogP contribution in [0.2, 0.25) is 0 Å². The Hall–Kier alpha value is -4.32. The molecule has 162 valence electrons. The highest BCUT2D eigenvalue weighted by Gasteiger charge is 2.15. The average Bonchev–Trinajstić information content (AvgIpc) is 2.83. The molecule has 3 aromatic carbocycles. The Kier molecular flexibility index (Phi) is 5.40. The van der Waals surface area contributed by atoms with Crippen LogP contribution >= 0.6 is 0 Å². The van der Waals surface area contributed by atoms with E-state index in [9.17, 15) is 8.78 Å². The number of rotatable bonds is 5. The van der Waals surface area contributed by atoms with Crippen molar-refractivity contribution in [2.45, 2.75) is 6.61 Å². The summed E-state index contributed by atoms with van der Waals surface area (Å²) in [6, 6.07) is 26.1. The molecule has 6 heteroatoms. The molecule has 2 heterocycles. The first kappa shape index (κ1) is 20.6. The van der Waals surface area contributed by atoms with Gasteiger partial charge in [-0.15, -0.1) is 0 Å². The fraction of sp³-hybridized carbons (Fsp3) is 0.0370. The normalized spacial score (nSPS) is 11.0. The van der Waals surface area contributed by atoms with Crippen molar-refractivity contribution >= 4 is 16.7 Å². The second-order valence-electron chi connectivity index (χ2n) is 7.56. The highest BCUT2D eigenvalue weighted by molar-refractivity contribution is 5.82. The van der Waals surface area contributed by atoms with Crippen molar-refractivity contribution in [1.82, 2.24) is 9.97 Å². The van der Waals surface area contributed by atoms with Crippen LogP contribution in [0.1, 0.15) is 5.69 Å². The summed E-state index contributed by atoms with van der Waals surface area (Å²) in [6.07, 6.45) is 0. The average molecular weight is 439 g/mol. The molecule has 33 heavy (non-hydrogen) atoms. The van der Waals surface area contributed by atoms with Crippen molar-refractivity contribution in [3.63, 3.8) is 0 Å². The Morgan fingerprint density at radius 3 is 2.36 bits per heavy atom. The molecule has 0 saturated carbocycles. The van der Waals surface area contributed by atoms with Gasteiger partial charge in [-0.1, -0.05) is 36.4 Å². The number of fused-ring (bicyclic) bond motifs is 1. The lowest BCUT2D eigenvalue weighted by Gasteiger charge is -2.12. The van der Waals surface area contributed by atoms with Crippen molar-refractivity contribution in [2.24, 2.45) is 0 Å². The third kappa shape index (κ3) is 4.36. The van der Waals surface area contributed by atoms with Crippen LogP contribution in [0.4, 0.5) is 14.6 Å². The van der Waals surface area contributed by atoms with Gasteiger partial charge in [-0.2, -0.15) is 0 Å². The van der Waals surface area contributed by atoms with Gasteiger partial charge in [0.25, 0.3) is 0 Å². The van der Waals surface area contributed by atoms with Crippen molar-refractivity contribution < 1.29 is 13.5 Å². The third-order valence-electron chi connectivity index (χ3n) is 5.31. The topological polar surface area (TPSA) is 61.0 Å².